The Labute approximate surface area is 212 Å². The van der Waals surface area contributed by atoms with Gasteiger partial charge in [-0.1, -0.05) is 43.3 Å². The predicted octanol–water partition coefficient (Wildman–Crippen LogP) is 3.47. The van der Waals surface area contributed by atoms with Crippen molar-refractivity contribution in [3.63, 3.8) is 0 Å². The zero-order chi connectivity index (χ0) is 26.1. The van der Waals surface area contributed by atoms with Crippen LogP contribution in [0.2, 0.25) is 0 Å². The maximum absolute atomic E-state index is 13.3. The van der Waals surface area contributed by atoms with E-state index in [9.17, 15) is 14.7 Å². The number of amides is 2. The molecule has 1 heterocycles. The van der Waals surface area contributed by atoms with Gasteiger partial charge in [0, 0.05) is 31.2 Å². The van der Waals surface area contributed by atoms with Crippen molar-refractivity contribution in [3.8, 4) is 0 Å². The first kappa shape index (κ1) is 25.9. The van der Waals surface area contributed by atoms with Crippen molar-refractivity contribution < 1.29 is 19.4 Å². The molecule has 2 unspecified atom stereocenters. The van der Waals surface area contributed by atoms with E-state index in [1.54, 1.807) is 32.2 Å². The molecule has 2 aliphatic rings. The summed E-state index contributed by atoms with van der Waals surface area (Å²) in [6.07, 6.45) is 1.95. The van der Waals surface area contributed by atoms with Gasteiger partial charge in [-0.2, -0.15) is 0 Å². The molecule has 1 saturated heterocycles. The summed E-state index contributed by atoms with van der Waals surface area (Å²) in [5, 5.41) is 25.8. The number of fused-ring (bicyclic) bond motifs is 1. The topological polar surface area (TPSA) is 115 Å². The van der Waals surface area contributed by atoms with Crippen LogP contribution in [0.1, 0.15) is 79.2 Å². The quantitative estimate of drug-likeness (QED) is 0.451. The minimum absolute atomic E-state index is 0.0603. The predicted molar refractivity (Wildman–Crippen MR) is 138 cm³/mol. The largest absolute Gasteiger partial charge is 0.387 e. The summed E-state index contributed by atoms with van der Waals surface area (Å²) in [7, 11) is 1.60. The molecule has 4 rings (SSSR count). The molecule has 2 amide bonds. The summed E-state index contributed by atoms with van der Waals surface area (Å²) < 4.78 is 5.30. The van der Waals surface area contributed by atoms with Gasteiger partial charge in [-0.3, -0.25) is 19.9 Å². The van der Waals surface area contributed by atoms with Crippen molar-refractivity contribution in [2.24, 2.45) is 0 Å². The van der Waals surface area contributed by atoms with Gasteiger partial charge >= 0.3 is 0 Å². The second kappa shape index (κ2) is 10.0. The third kappa shape index (κ3) is 5.01. The normalized spacial score (nSPS) is 26.4. The van der Waals surface area contributed by atoms with E-state index >= 15 is 0 Å². The van der Waals surface area contributed by atoms with E-state index in [2.05, 4.69) is 10.6 Å². The molecule has 0 aromatic heterocycles. The second-order valence-corrected chi connectivity index (χ2v) is 10.4. The minimum Gasteiger partial charge on any atom is -0.387 e. The Morgan fingerprint density at radius 2 is 2.00 bits per heavy atom. The summed E-state index contributed by atoms with van der Waals surface area (Å²) in [4.78, 5) is 28.0. The lowest BCUT2D eigenvalue weighted by Gasteiger charge is -2.43. The monoisotopic (exact) mass is 492 g/mol. The van der Waals surface area contributed by atoms with E-state index in [0.29, 0.717) is 25.0 Å². The van der Waals surface area contributed by atoms with Gasteiger partial charge in [-0.15, -0.1) is 0 Å². The van der Waals surface area contributed by atoms with Crippen molar-refractivity contribution in [2.45, 2.75) is 69.7 Å². The number of methoxy groups -OCH3 is 1. The zero-order valence-corrected chi connectivity index (χ0v) is 21.4. The third-order valence-electron chi connectivity index (χ3n) is 7.50. The van der Waals surface area contributed by atoms with Crippen molar-refractivity contribution in [1.82, 2.24) is 15.5 Å². The first-order valence-corrected chi connectivity index (χ1v) is 12.5. The lowest BCUT2D eigenvalue weighted by atomic mass is 9.90. The fourth-order valence-corrected chi connectivity index (χ4v) is 5.29. The second-order valence-electron chi connectivity index (χ2n) is 10.4. The van der Waals surface area contributed by atoms with Gasteiger partial charge in [0.15, 0.2) is 5.96 Å². The Morgan fingerprint density at radius 3 is 2.69 bits per heavy atom. The average molecular weight is 493 g/mol. The van der Waals surface area contributed by atoms with Crippen LogP contribution in [-0.4, -0.2) is 52.6 Å². The highest BCUT2D eigenvalue weighted by Crippen LogP contribution is 2.39. The molecule has 0 radical (unpaired) electrons. The van der Waals surface area contributed by atoms with Crippen molar-refractivity contribution in [3.05, 3.63) is 70.8 Å². The summed E-state index contributed by atoms with van der Waals surface area (Å²) in [6.45, 7) is 6.07. The van der Waals surface area contributed by atoms with Gasteiger partial charge < -0.3 is 20.5 Å². The molecule has 2 aromatic rings. The van der Waals surface area contributed by atoms with E-state index in [4.69, 9.17) is 10.1 Å². The van der Waals surface area contributed by atoms with Crippen LogP contribution in [0.3, 0.4) is 0 Å². The number of ether oxygens (including phenoxy) is 1. The molecule has 8 heteroatoms. The molecule has 1 aliphatic heterocycles. The lowest BCUT2D eigenvalue weighted by Crippen LogP contribution is -2.61. The van der Waals surface area contributed by atoms with Gasteiger partial charge in [-0.25, -0.2) is 0 Å². The molecule has 0 saturated carbocycles. The van der Waals surface area contributed by atoms with Crippen LogP contribution in [0.15, 0.2) is 48.5 Å². The highest BCUT2D eigenvalue weighted by molar-refractivity contribution is 6.00. The molecule has 2 aromatic carbocycles. The molecule has 4 N–H and O–H groups in total. The zero-order valence-electron chi connectivity index (χ0n) is 21.4. The fourth-order valence-electron chi connectivity index (χ4n) is 5.29. The van der Waals surface area contributed by atoms with Crippen LogP contribution in [-0.2, 0) is 16.0 Å². The summed E-state index contributed by atoms with van der Waals surface area (Å²) in [5.41, 5.74) is 1.57. The van der Waals surface area contributed by atoms with Crippen molar-refractivity contribution >= 4 is 17.8 Å². The lowest BCUT2D eigenvalue weighted by molar-refractivity contribution is -0.132. The number of carbonyl (C=O) groups is 2. The Bertz CT molecular complexity index is 1140. The number of benzene rings is 2. The summed E-state index contributed by atoms with van der Waals surface area (Å²) in [6, 6.07) is 13.9. The first-order chi connectivity index (χ1) is 17.1. The number of hydrogen-bond donors (Lipinski definition) is 4. The van der Waals surface area contributed by atoms with Crippen LogP contribution in [0.5, 0.6) is 0 Å². The van der Waals surface area contributed by atoms with Crippen LogP contribution in [0.25, 0.3) is 0 Å². The molecule has 36 heavy (non-hydrogen) atoms. The van der Waals surface area contributed by atoms with Gasteiger partial charge in [-0.05, 0) is 55.5 Å². The van der Waals surface area contributed by atoms with Gasteiger partial charge in [0.25, 0.3) is 5.91 Å². The number of aliphatic hydroxyl groups is 1. The Kier molecular flexibility index (Phi) is 7.20. The molecular formula is C28H36N4O4. The Morgan fingerprint density at radius 1 is 1.25 bits per heavy atom. The number of carbonyl (C=O) groups excluding carboxylic acids is 2. The van der Waals surface area contributed by atoms with E-state index in [1.165, 1.54) is 4.90 Å². The third-order valence-corrected chi connectivity index (χ3v) is 7.50. The van der Waals surface area contributed by atoms with E-state index < -0.39 is 23.2 Å². The van der Waals surface area contributed by atoms with Gasteiger partial charge in [0.05, 0.1) is 24.1 Å². The van der Waals surface area contributed by atoms with Gasteiger partial charge in [0.1, 0.15) is 0 Å². The average Bonchev–Trinajstić information content (AvgIpc) is 3.10. The van der Waals surface area contributed by atoms with Crippen LogP contribution in [0, 0.1) is 5.41 Å². The van der Waals surface area contributed by atoms with Crippen LogP contribution >= 0.6 is 0 Å². The molecular weight excluding hydrogens is 456 g/mol. The van der Waals surface area contributed by atoms with Crippen molar-refractivity contribution in [1.29, 1.82) is 5.41 Å². The smallest absolute Gasteiger partial charge is 0.251 e. The SMILES string of the molecule is CCC1(C)CC(=O)N(C(CCOC)c2cccc(C(=O)N[C@@H]3c4ccccc4C[C@@]3(C)O)c2)C(=N)N1. The number of rotatable bonds is 8. The number of nitrogens with one attached hydrogen (secondary N) is 3. The standard InChI is InChI=1S/C28H36N4O4/c1-5-27(2)17-23(33)32(26(29)31-27)22(13-14-36-4)18-10-8-11-19(15-18)25(34)30-24-21-12-7-6-9-20(21)16-28(24,3)35/h6-12,15,22,24,35H,5,13-14,16-17H2,1-4H3,(H2,29,31)(H,30,34)/t22?,24-,27?,28-/m1/s1. The van der Waals surface area contributed by atoms with Crippen LogP contribution in [0.4, 0.5) is 0 Å². The summed E-state index contributed by atoms with van der Waals surface area (Å²) in [5.74, 6) is -0.371. The van der Waals surface area contributed by atoms with E-state index in [1.807, 2.05) is 44.2 Å². The highest BCUT2D eigenvalue weighted by atomic mass is 16.5. The van der Waals surface area contributed by atoms with E-state index in [-0.39, 0.29) is 24.2 Å². The Hall–Kier alpha value is -3.23. The van der Waals surface area contributed by atoms with Crippen LogP contribution < -0.4 is 10.6 Å². The first-order valence-electron chi connectivity index (χ1n) is 12.5. The molecule has 0 bridgehead atoms. The summed E-state index contributed by atoms with van der Waals surface area (Å²) >= 11 is 0. The molecule has 192 valence electrons. The van der Waals surface area contributed by atoms with E-state index in [0.717, 1.165) is 23.1 Å². The highest BCUT2D eigenvalue weighted by Gasteiger charge is 2.42. The molecule has 4 atom stereocenters. The molecule has 1 aliphatic carbocycles. The minimum atomic E-state index is -1.09. The fraction of sp³-hybridized carbons (Fsp3) is 0.464. The Balaban J connectivity index is 1.60. The van der Waals surface area contributed by atoms with Gasteiger partial charge in [0.2, 0.25) is 5.91 Å². The maximum Gasteiger partial charge on any atom is 0.251 e. The molecule has 1 fully saturated rings. The molecule has 8 nitrogen and oxygen atoms in total. The maximum atomic E-state index is 13.3. The van der Waals surface area contributed by atoms with Crippen molar-refractivity contribution in [2.75, 3.05) is 13.7 Å². The number of nitrogens with zero attached hydrogens (tertiary/aromatic N) is 1. The number of guanidine groups is 1. The number of hydrogen-bond acceptors (Lipinski definition) is 5. The molecule has 0 spiro atoms.